The Morgan fingerprint density at radius 1 is 1.00 bits per heavy atom. The molecule has 3 aromatic carbocycles. The van der Waals surface area contributed by atoms with E-state index in [1.807, 2.05) is 54.6 Å². The van der Waals surface area contributed by atoms with Gasteiger partial charge in [0, 0.05) is 18.2 Å². The fourth-order valence-corrected chi connectivity index (χ4v) is 2.61. The molecule has 28 heavy (non-hydrogen) atoms. The third kappa shape index (κ3) is 4.85. The predicted octanol–water partition coefficient (Wildman–Crippen LogP) is 3.69. The Balaban J connectivity index is 1.61. The molecule has 0 fully saturated rings. The van der Waals surface area contributed by atoms with Crippen molar-refractivity contribution in [2.45, 2.75) is 13.2 Å². The quantitative estimate of drug-likeness (QED) is 0.371. The van der Waals surface area contributed by atoms with Gasteiger partial charge in [-0.1, -0.05) is 42.5 Å². The van der Waals surface area contributed by atoms with Crippen LogP contribution in [0, 0.1) is 10.1 Å². The molecule has 7 heteroatoms. The van der Waals surface area contributed by atoms with Gasteiger partial charge in [0.2, 0.25) is 0 Å². The third-order valence-corrected chi connectivity index (χ3v) is 4.09. The molecule has 0 aliphatic rings. The van der Waals surface area contributed by atoms with Gasteiger partial charge in [0.1, 0.15) is 18.0 Å². The van der Waals surface area contributed by atoms with E-state index in [9.17, 15) is 14.9 Å². The number of amides is 1. The van der Waals surface area contributed by atoms with Gasteiger partial charge in [-0.15, -0.1) is 0 Å². The van der Waals surface area contributed by atoms with E-state index in [1.54, 1.807) is 0 Å². The van der Waals surface area contributed by atoms with Gasteiger partial charge in [-0.05, 0) is 35.4 Å². The Morgan fingerprint density at radius 3 is 2.50 bits per heavy atom. The Morgan fingerprint density at radius 2 is 1.75 bits per heavy atom. The van der Waals surface area contributed by atoms with Gasteiger partial charge in [0.05, 0.1) is 4.92 Å². The zero-order valence-electron chi connectivity index (χ0n) is 15.0. The summed E-state index contributed by atoms with van der Waals surface area (Å²) in [5.41, 5.74) is 7.38. The van der Waals surface area contributed by atoms with Crippen LogP contribution < -0.4 is 15.8 Å². The highest BCUT2D eigenvalue weighted by Gasteiger charge is 2.15. The van der Waals surface area contributed by atoms with Crippen molar-refractivity contribution in [3.8, 4) is 5.75 Å². The second-order valence-electron chi connectivity index (χ2n) is 6.14. The maximum Gasteiger partial charge on any atom is 0.292 e. The molecule has 3 rings (SSSR count). The number of nitro benzene ring substituents is 1. The van der Waals surface area contributed by atoms with Crippen molar-refractivity contribution in [3.05, 3.63) is 99.6 Å². The molecule has 0 aliphatic carbocycles. The number of nitrogens with one attached hydrogen (secondary N) is 1. The highest BCUT2D eigenvalue weighted by molar-refractivity contribution is 5.95. The van der Waals surface area contributed by atoms with Crippen molar-refractivity contribution in [3.63, 3.8) is 0 Å². The minimum absolute atomic E-state index is 0.0183. The summed E-state index contributed by atoms with van der Waals surface area (Å²) in [6.45, 7) is 0.714. The normalized spacial score (nSPS) is 10.3. The van der Waals surface area contributed by atoms with Crippen molar-refractivity contribution in [2.75, 3.05) is 5.73 Å². The predicted molar refractivity (Wildman–Crippen MR) is 106 cm³/mol. The lowest BCUT2D eigenvalue weighted by atomic mass is 10.1. The molecule has 0 saturated carbocycles. The van der Waals surface area contributed by atoms with Gasteiger partial charge in [0.25, 0.3) is 11.6 Å². The molecule has 0 atom stereocenters. The first kappa shape index (κ1) is 18.9. The largest absolute Gasteiger partial charge is 0.489 e. The fourth-order valence-electron chi connectivity index (χ4n) is 2.61. The molecule has 0 unspecified atom stereocenters. The van der Waals surface area contributed by atoms with Crippen LogP contribution in [0.3, 0.4) is 0 Å². The number of ether oxygens (including phenoxy) is 1. The van der Waals surface area contributed by atoms with Crippen LogP contribution in [0.2, 0.25) is 0 Å². The van der Waals surface area contributed by atoms with Crippen LogP contribution in [-0.2, 0) is 13.2 Å². The van der Waals surface area contributed by atoms with Gasteiger partial charge in [0.15, 0.2) is 0 Å². The fraction of sp³-hybridized carbons (Fsp3) is 0.0952. The number of nitrogens with two attached hydrogens (primary N) is 1. The lowest BCUT2D eigenvalue weighted by molar-refractivity contribution is -0.383. The van der Waals surface area contributed by atoms with Crippen LogP contribution in [0.4, 0.5) is 11.4 Å². The van der Waals surface area contributed by atoms with Gasteiger partial charge in [-0.25, -0.2) is 0 Å². The summed E-state index contributed by atoms with van der Waals surface area (Å²) in [6.07, 6.45) is 0. The molecule has 0 bridgehead atoms. The number of hydrogen-bond donors (Lipinski definition) is 2. The second kappa shape index (κ2) is 8.68. The third-order valence-electron chi connectivity index (χ3n) is 4.09. The molecule has 3 N–H and O–H groups in total. The van der Waals surface area contributed by atoms with Crippen LogP contribution in [0.5, 0.6) is 5.75 Å². The van der Waals surface area contributed by atoms with Gasteiger partial charge < -0.3 is 15.8 Å². The van der Waals surface area contributed by atoms with Crippen LogP contribution in [0.1, 0.15) is 21.5 Å². The minimum Gasteiger partial charge on any atom is -0.489 e. The molecule has 7 nitrogen and oxygen atoms in total. The number of nitrogen functional groups attached to an aromatic ring is 1. The molecular weight excluding hydrogens is 358 g/mol. The van der Waals surface area contributed by atoms with Crippen LogP contribution in [0.15, 0.2) is 72.8 Å². The molecule has 1 amide bonds. The molecule has 0 heterocycles. The zero-order valence-corrected chi connectivity index (χ0v) is 15.0. The molecule has 0 spiro atoms. The topological polar surface area (TPSA) is 107 Å². The summed E-state index contributed by atoms with van der Waals surface area (Å²) in [6, 6.07) is 21.2. The Labute approximate surface area is 161 Å². The second-order valence-corrected chi connectivity index (χ2v) is 6.14. The molecule has 0 aliphatic heterocycles. The van der Waals surface area contributed by atoms with Crippen molar-refractivity contribution < 1.29 is 14.5 Å². The van der Waals surface area contributed by atoms with E-state index in [4.69, 9.17) is 10.5 Å². The van der Waals surface area contributed by atoms with Crippen LogP contribution >= 0.6 is 0 Å². The number of anilines is 1. The van der Waals surface area contributed by atoms with E-state index < -0.39 is 10.8 Å². The van der Waals surface area contributed by atoms with E-state index in [-0.39, 0.29) is 23.5 Å². The van der Waals surface area contributed by atoms with Crippen LogP contribution in [-0.4, -0.2) is 10.8 Å². The Kier molecular flexibility index (Phi) is 5.86. The lowest BCUT2D eigenvalue weighted by Gasteiger charge is -2.09. The SMILES string of the molecule is Nc1ccc(C(=O)NCc2cccc(OCc3ccccc3)c2)cc1[N+](=O)[O-]. The summed E-state index contributed by atoms with van der Waals surface area (Å²) in [5.74, 6) is 0.275. The number of nitrogens with zero attached hydrogens (tertiary/aromatic N) is 1. The number of carbonyl (C=O) groups excluding carboxylic acids is 1. The molecular formula is C21H19N3O4. The number of benzene rings is 3. The molecule has 0 radical (unpaired) electrons. The Bertz CT molecular complexity index is 990. The monoisotopic (exact) mass is 377 g/mol. The first-order chi connectivity index (χ1) is 13.5. The van der Waals surface area contributed by atoms with E-state index >= 15 is 0 Å². The average molecular weight is 377 g/mol. The highest BCUT2D eigenvalue weighted by Crippen LogP contribution is 2.22. The van der Waals surface area contributed by atoms with Crippen molar-refractivity contribution in [2.24, 2.45) is 0 Å². The summed E-state index contributed by atoms with van der Waals surface area (Å²) in [7, 11) is 0. The van der Waals surface area contributed by atoms with Gasteiger partial charge >= 0.3 is 0 Å². The molecule has 142 valence electrons. The maximum absolute atomic E-state index is 12.3. The highest BCUT2D eigenvalue weighted by atomic mass is 16.6. The first-order valence-corrected chi connectivity index (χ1v) is 8.61. The molecule has 0 saturated heterocycles. The summed E-state index contributed by atoms with van der Waals surface area (Å²) < 4.78 is 5.78. The minimum atomic E-state index is -0.611. The molecule has 0 aromatic heterocycles. The van der Waals surface area contributed by atoms with Gasteiger partial charge in [-0.2, -0.15) is 0 Å². The zero-order chi connectivity index (χ0) is 19.9. The number of carbonyl (C=O) groups is 1. The Hall–Kier alpha value is -3.87. The summed E-state index contributed by atoms with van der Waals surface area (Å²) in [4.78, 5) is 22.6. The van der Waals surface area contributed by atoms with E-state index in [0.717, 1.165) is 11.1 Å². The smallest absolute Gasteiger partial charge is 0.292 e. The van der Waals surface area contributed by atoms with E-state index in [2.05, 4.69) is 5.32 Å². The maximum atomic E-state index is 12.3. The van der Waals surface area contributed by atoms with Crippen molar-refractivity contribution in [1.82, 2.24) is 5.32 Å². The lowest BCUT2D eigenvalue weighted by Crippen LogP contribution is -2.23. The van der Waals surface area contributed by atoms with E-state index in [1.165, 1.54) is 18.2 Å². The van der Waals surface area contributed by atoms with E-state index in [0.29, 0.717) is 12.4 Å². The summed E-state index contributed by atoms with van der Waals surface area (Å²) >= 11 is 0. The van der Waals surface area contributed by atoms with Crippen molar-refractivity contribution >= 4 is 17.3 Å². The van der Waals surface area contributed by atoms with Gasteiger partial charge in [-0.3, -0.25) is 14.9 Å². The number of nitro groups is 1. The average Bonchev–Trinajstić information content (AvgIpc) is 2.71. The summed E-state index contributed by atoms with van der Waals surface area (Å²) in [5, 5.41) is 13.7. The molecule has 3 aromatic rings. The standard InChI is InChI=1S/C21H19N3O4/c22-19-10-9-17(12-20(19)24(26)27)21(25)23-13-16-7-4-8-18(11-16)28-14-15-5-2-1-3-6-15/h1-12H,13-14,22H2,(H,23,25). The number of hydrogen-bond acceptors (Lipinski definition) is 5. The first-order valence-electron chi connectivity index (χ1n) is 8.61. The number of rotatable bonds is 7. The van der Waals surface area contributed by atoms with Crippen LogP contribution in [0.25, 0.3) is 0 Å². The van der Waals surface area contributed by atoms with Crippen molar-refractivity contribution in [1.29, 1.82) is 0 Å².